The zero-order valence-electron chi connectivity index (χ0n) is 12.0. The number of hydrogen-bond acceptors (Lipinski definition) is 3. The van der Waals surface area contributed by atoms with Crippen molar-refractivity contribution in [2.24, 2.45) is 5.92 Å². The van der Waals surface area contributed by atoms with Gasteiger partial charge in [0.1, 0.15) is 0 Å². The molecule has 0 heterocycles. The molecule has 2 rings (SSSR count). The highest BCUT2D eigenvalue weighted by Gasteiger charge is 2.36. The highest BCUT2D eigenvalue weighted by Crippen LogP contribution is 2.32. The largest absolute Gasteiger partial charge is 0.398 e. The lowest BCUT2D eigenvalue weighted by Gasteiger charge is -2.39. The van der Waals surface area contributed by atoms with E-state index < -0.39 is 23.1 Å². The standard InChI is InChI=1S/C15H20F2N2O2/c1-9-3-2-4-15(7-9,8-20)19-14(21)10-5-11(16)12(17)6-13(10)18/h5-6,9,20H,2-4,7-8,18H2,1H3,(H,19,21). The lowest BCUT2D eigenvalue weighted by atomic mass is 9.76. The molecular formula is C15H20F2N2O2. The molecule has 6 heteroatoms. The maximum absolute atomic E-state index is 13.3. The van der Waals surface area contributed by atoms with E-state index in [1.807, 2.05) is 0 Å². The van der Waals surface area contributed by atoms with Crippen molar-refractivity contribution < 1.29 is 18.7 Å². The summed E-state index contributed by atoms with van der Waals surface area (Å²) in [6.45, 7) is 1.87. The van der Waals surface area contributed by atoms with Gasteiger partial charge in [0.25, 0.3) is 5.91 Å². The summed E-state index contributed by atoms with van der Waals surface area (Å²) < 4.78 is 26.3. The molecule has 0 spiro atoms. The van der Waals surface area contributed by atoms with Crippen LogP contribution < -0.4 is 11.1 Å². The molecule has 0 aromatic heterocycles. The molecule has 1 saturated carbocycles. The van der Waals surface area contributed by atoms with Crippen molar-refractivity contribution in [1.29, 1.82) is 0 Å². The van der Waals surface area contributed by atoms with Gasteiger partial charge in [0, 0.05) is 11.8 Å². The van der Waals surface area contributed by atoms with Crippen molar-refractivity contribution >= 4 is 11.6 Å². The molecule has 0 bridgehead atoms. The smallest absolute Gasteiger partial charge is 0.253 e. The Morgan fingerprint density at radius 2 is 2.14 bits per heavy atom. The summed E-state index contributed by atoms with van der Waals surface area (Å²) >= 11 is 0. The number of nitrogens with two attached hydrogens (primary N) is 1. The molecule has 0 aliphatic heterocycles. The van der Waals surface area contributed by atoms with Crippen molar-refractivity contribution in [2.75, 3.05) is 12.3 Å². The molecule has 1 aliphatic rings. The second kappa shape index (κ2) is 5.97. The number of rotatable bonds is 3. The van der Waals surface area contributed by atoms with Crippen LogP contribution in [0.3, 0.4) is 0 Å². The number of nitrogens with one attached hydrogen (secondary N) is 1. The molecule has 21 heavy (non-hydrogen) atoms. The Kier molecular flexibility index (Phi) is 4.46. The number of carbonyl (C=O) groups excluding carboxylic acids is 1. The molecule has 4 N–H and O–H groups in total. The molecule has 1 fully saturated rings. The predicted molar refractivity (Wildman–Crippen MR) is 75.7 cm³/mol. The van der Waals surface area contributed by atoms with Gasteiger partial charge < -0.3 is 16.2 Å². The van der Waals surface area contributed by atoms with Gasteiger partial charge in [0.2, 0.25) is 0 Å². The topological polar surface area (TPSA) is 75.3 Å². The minimum absolute atomic E-state index is 0.111. The predicted octanol–water partition coefficient (Wildman–Crippen LogP) is 2.22. The Morgan fingerprint density at radius 3 is 2.76 bits per heavy atom. The fourth-order valence-electron chi connectivity index (χ4n) is 3.02. The van der Waals surface area contributed by atoms with E-state index in [9.17, 15) is 18.7 Å². The fourth-order valence-corrected chi connectivity index (χ4v) is 3.02. The van der Waals surface area contributed by atoms with Gasteiger partial charge in [-0.3, -0.25) is 4.79 Å². The number of hydrogen-bond donors (Lipinski definition) is 3. The average Bonchev–Trinajstić information content (AvgIpc) is 2.42. The summed E-state index contributed by atoms with van der Waals surface area (Å²) in [4.78, 5) is 12.3. The van der Waals surface area contributed by atoms with Crippen LogP contribution in [0.5, 0.6) is 0 Å². The Hall–Kier alpha value is -1.69. The number of benzene rings is 1. The first kappa shape index (κ1) is 15.7. The number of anilines is 1. The number of carbonyl (C=O) groups is 1. The number of amides is 1. The van der Waals surface area contributed by atoms with Gasteiger partial charge in [0.15, 0.2) is 11.6 Å². The average molecular weight is 298 g/mol. The fraction of sp³-hybridized carbons (Fsp3) is 0.533. The normalized spacial score (nSPS) is 25.6. The third-order valence-electron chi connectivity index (χ3n) is 4.11. The first-order valence-corrected chi connectivity index (χ1v) is 7.05. The third-order valence-corrected chi connectivity index (χ3v) is 4.11. The van der Waals surface area contributed by atoms with Crippen LogP contribution in [0.25, 0.3) is 0 Å². The Bertz CT molecular complexity index is 551. The first-order chi connectivity index (χ1) is 9.87. The number of aliphatic hydroxyl groups excluding tert-OH is 1. The monoisotopic (exact) mass is 298 g/mol. The molecule has 2 atom stereocenters. The van der Waals surface area contributed by atoms with Gasteiger partial charge in [-0.05, 0) is 24.8 Å². The number of halogens is 2. The minimum Gasteiger partial charge on any atom is -0.398 e. The van der Waals surface area contributed by atoms with Gasteiger partial charge in [-0.1, -0.05) is 19.8 Å². The van der Waals surface area contributed by atoms with Gasteiger partial charge in [-0.15, -0.1) is 0 Å². The Balaban J connectivity index is 2.22. The van der Waals surface area contributed by atoms with Crippen LogP contribution in [0.2, 0.25) is 0 Å². The summed E-state index contributed by atoms with van der Waals surface area (Å²) in [6, 6.07) is 1.58. The van der Waals surface area contributed by atoms with Crippen molar-refractivity contribution in [1.82, 2.24) is 5.32 Å². The van der Waals surface area contributed by atoms with Crippen molar-refractivity contribution in [3.63, 3.8) is 0 Å². The van der Waals surface area contributed by atoms with Crippen LogP contribution in [-0.4, -0.2) is 23.2 Å². The highest BCUT2D eigenvalue weighted by molar-refractivity contribution is 5.99. The maximum atomic E-state index is 13.3. The van der Waals surface area contributed by atoms with Crippen LogP contribution in [0, 0.1) is 17.6 Å². The molecular weight excluding hydrogens is 278 g/mol. The van der Waals surface area contributed by atoms with E-state index in [0.717, 1.165) is 25.0 Å². The van der Waals surface area contributed by atoms with Gasteiger partial charge in [-0.25, -0.2) is 8.78 Å². The minimum atomic E-state index is -1.12. The van der Waals surface area contributed by atoms with Crippen LogP contribution in [0.1, 0.15) is 43.0 Å². The molecule has 0 radical (unpaired) electrons. The summed E-state index contributed by atoms with van der Waals surface area (Å²) in [5, 5.41) is 12.4. The van der Waals surface area contributed by atoms with E-state index in [4.69, 9.17) is 5.73 Å². The zero-order valence-corrected chi connectivity index (χ0v) is 12.0. The first-order valence-electron chi connectivity index (χ1n) is 7.05. The molecule has 1 aliphatic carbocycles. The van der Waals surface area contributed by atoms with E-state index in [1.165, 1.54) is 0 Å². The van der Waals surface area contributed by atoms with Crippen LogP contribution in [0.4, 0.5) is 14.5 Å². The summed E-state index contributed by atoms with van der Waals surface area (Å²) in [6.07, 6.45) is 3.25. The number of aliphatic hydroxyl groups is 1. The molecule has 4 nitrogen and oxygen atoms in total. The molecule has 2 unspecified atom stereocenters. The lowest BCUT2D eigenvalue weighted by molar-refractivity contribution is 0.0697. The molecule has 116 valence electrons. The zero-order chi connectivity index (χ0) is 15.6. The van der Waals surface area contributed by atoms with Crippen molar-refractivity contribution in [2.45, 2.75) is 38.1 Å². The third kappa shape index (κ3) is 3.32. The van der Waals surface area contributed by atoms with E-state index >= 15 is 0 Å². The molecule has 0 saturated heterocycles. The maximum Gasteiger partial charge on any atom is 0.253 e. The van der Waals surface area contributed by atoms with E-state index in [-0.39, 0.29) is 17.9 Å². The van der Waals surface area contributed by atoms with Gasteiger partial charge >= 0.3 is 0 Å². The van der Waals surface area contributed by atoms with Crippen LogP contribution >= 0.6 is 0 Å². The van der Waals surface area contributed by atoms with E-state index in [1.54, 1.807) is 0 Å². The van der Waals surface area contributed by atoms with E-state index in [0.29, 0.717) is 18.8 Å². The van der Waals surface area contributed by atoms with E-state index in [2.05, 4.69) is 12.2 Å². The van der Waals surface area contributed by atoms with Gasteiger partial charge in [-0.2, -0.15) is 0 Å². The SMILES string of the molecule is CC1CCCC(CO)(NC(=O)c2cc(F)c(F)cc2N)C1. The quantitative estimate of drug-likeness (QED) is 0.749. The molecule has 1 amide bonds. The summed E-state index contributed by atoms with van der Waals surface area (Å²) in [7, 11) is 0. The Morgan fingerprint density at radius 1 is 1.48 bits per heavy atom. The van der Waals surface area contributed by atoms with Crippen LogP contribution in [-0.2, 0) is 0 Å². The summed E-state index contributed by atoms with van der Waals surface area (Å²) in [5.74, 6) is -2.42. The second-order valence-electron chi connectivity index (χ2n) is 5.95. The summed E-state index contributed by atoms with van der Waals surface area (Å²) in [5.41, 5.74) is 4.63. The lowest BCUT2D eigenvalue weighted by Crippen LogP contribution is -2.54. The Labute approximate surface area is 122 Å². The molecule has 1 aromatic rings. The number of nitrogen functional groups attached to an aromatic ring is 1. The van der Waals surface area contributed by atoms with Gasteiger partial charge in [0.05, 0.1) is 17.7 Å². The van der Waals surface area contributed by atoms with Crippen molar-refractivity contribution in [3.05, 3.63) is 29.3 Å². The van der Waals surface area contributed by atoms with Crippen LogP contribution in [0.15, 0.2) is 12.1 Å². The second-order valence-corrected chi connectivity index (χ2v) is 5.95. The molecule has 1 aromatic carbocycles. The van der Waals surface area contributed by atoms with Crippen molar-refractivity contribution in [3.8, 4) is 0 Å². The highest BCUT2D eigenvalue weighted by atomic mass is 19.2.